The normalized spacial score (nSPS) is 31.9. The number of carbonyl (C=O) groups excluding carboxylic acids is 1. The fourth-order valence-electron chi connectivity index (χ4n) is 5.56. The molecule has 3 aliphatic rings. The number of carbonyl (C=O) groups is 1. The zero-order valence-corrected chi connectivity index (χ0v) is 16.6. The highest BCUT2D eigenvalue weighted by Crippen LogP contribution is 2.64. The van der Waals surface area contributed by atoms with Crippen LogP contribution in [0.5, 0.6) is 0 Å². The van der Waals surface area contributed by atoms with Crippen molar-refractivity contribution in [2.45, 2.75) is 56.9 Å². The Morgan fingerprint density at radius 2 is 1.89 bits per heavy atom. The van der Waals surface area contributed by atoms with Gasteiger partial charge in [0.2, 0.25) is 5.91 Å². The van der Waals surface area contributed by atoms with Crippen LogP contribution >= 0.6 is 0 Å². The molecule has 0 aromatic heterocycles. The second-order valence-corrected chi connectivity index (χ2v) is 8.94. The number of ether oxygens (including phenoxy) is 1. The summed E-state index contributed by atoms with van der Waals surface area (Å²) in [6, 6.07) is 18.9. The van der Waals surface area contributed by atoms with E-state index in [1.54, 1.807) is 0 Å². The van der Waals surface area contributed by atoms with Crippen LogP contribution in [0.15, 0.2) is 67.3 Å². The van der Waals surface area contributed by atoms with Crippen molar-refractivity contribution in [3.8, 4) is 0 Å². The molecule has 1 saturated heterocycles. The maximum absolute atomic E-state index is 14.1. The summed E-state index contributed by atoms with van der Waals surface area (Å²) < 4.78 is 6.41. The molecular formula is C25H27NO2. The van der Waals surface area contributed by atoms with Crippen LogP contribution in [0.3, 0.4) is 0 Å². The first-order valence-electron chi connectivity index (χ1n) is 10.2. The summed E-state index contributed by atoms with van der Waals surface area (Å²) in [6.45, 7) is 8.03. The summed E-state index contributed by atoms with van der Waals surface area (Å²) in [7, 11) is 0. The lowest BCUT2D eigenvalue weighted by molar-refractivity contribution is -0.153. The Bertz CT molecular complexity index is 935. The van der Waals surface area contributed by atoms with Gasteiger partial charge in [0.25, 0.3) is 0 Å². The van der Waals surface area contributed by atoms with Gasteiger partial charge in [0.05, 0.1) is 17.6 Å². The van der Waals surface area contributed by atoms with Crippen molar-refractivity contribution in [1.29, 1.82) is 0 Å². The van der Waals surface area contributed by atoms with E-state index in [1.165, 1.54) is 16.7 Å². The Balaban J connectivity index is 1.53. The van der Waals surface area contributed by atoms with Gasteiger partial charge in [-0.3, -0.25) is 4.79 Å². The molecular weight excluding hydrogens is 346 g/mol. The molecule has 0 spiro atoms. The molecule has 2 aromatic rings. The van der Waals surface area contributed by atoms with Gasteiger partial charge in [-0.15, -0.1) is 6.58 Å². The van der Waals surface area contributed by atoms with Crippen LogP contribution in [0.4, 0.5) is 0 Å². The second kappa shape index (κ2) is 6.05. The van der Waals surface area contributed by atoms with Gasteiger partial charge >= 0.3 is 0 Å². The largest absolute Gasteiger partial charge is 0.350 e. The molecule has 1 aliphatic heterocycles. The predicted octanol–water partition coefficient (Wildman–Crippen LogP) is 5.00. The Labute approximate surface area is 167 Å². The molecule has 1 amide bonds. The summed E-state index contributed by atoms with van der Waals surface area (Å²) in [5.74, 6) is 0.473. The van der Waals surface area contributed by atoms with Gasteiger partial charge in [0.15, 0.2) is 0 Å². The van der Waals surface area contributed by atoms with Crippen molar-refractivity contribution in [3.63, 3.8) is 0 Å². The SMILES string of the molecule is C=CCC1(C(=O)N2[C@H]3c4ccccc4C[C@H]3OC2(C)C)CC1c1ccccc1. The van der Waals surface area contributed by atoms with Crippen LogP contribution in [0.25, 0.3) is 0 Å². The summed E-state index contributed by atoms with van der Waals surface area (Å²) >= 11 is 0. The first kappa shape index (κ1) is 17.7. The molecule has 28 heavy (non-hydrogen) atoms. The van der Waals surface area contributed by atoms with Gasteiger partial charge in [0.1, 0.15) is 5.72 Å². The maximum Gasteiger partial charge on any atom is 0.232 e. The third-order valence-electron chi connectivity index (χ3n) is 6.88. The van der Waals surface area contributed by atoms with Gasteiger partial charge in [-0.25, -0.2) is 0 Å². The van der Waals surface area contributed by atoms with Crippen molar-refractivity contribution < 1.29 is 9.53 Å². The average Bonchev–Trinajstić information content (AvgIpc) is 3.22. The minimum atomic E-state index is -0.599. The van der Waals surface area contributed by atoms with E-state index in [-0.39, 0.29) is 24.0 Å². The molecule has 2 aliphatic carbocycles. The number of amides is 1. The van der Waals surface area contributed by atoms with Crippen LogP contribution < -0.4 is 0 Å². The average molecular weight is 373 g/mol. The lowest BCUT2D eigenvalue weighted by atomic mass is 9.91. The molecule has 4 atom stereocenters. The Morgan fingerprint density at radius 1 is 1.18 bits per heavy atom. The monoisotopic (exact) mass is 373 g/mol. The van der Waals surface area contributed by atoms with Crippen molar-refractivity contribution >= 4 is 5.91 Å². The summed E-state index contributed by atoms with van der Waals surface area (Å²) in [5, 5.41) is 0. The van der Waals surface area contributed by atoms with Crippen LogP contribution in [-0.4, -0.2) is 22.6 Å². The van der Waals surface area contributed by atoms with Crippen LogP contribution in [0.1, 0.15) is 55.3 Å². The molecule has 1 saturated carbocycles. The fraction of sp³-hybridized carbons (Fsp3) is 0.400. The van der Waals surface area contributed by atoms with Crippen molar-refractivity contribution in [1.82, 2.24) is 4.90 Å². The van der Waals surface area contributed by atoms with Crippen molar-refractivity contribution in [3.05, 3.63) is 83.9 Å². The number of allylic oxidation sites excluding steroid dienone is 1. The first-order chi connectivity index (χ1) is 13.5. The van der Waals surface area contributed by atoms with Gasteiger partial charge in [-0.05, 0) is 49.3 Å². The highest BCUT2D eigenvalue weighted by atomic mass is 16.5. The van der Waals surface area contributed by atoms with Crippen molar-refractivity contribution in [2.24, 2.45) is 5.41 Å². The molecule has 0 radical (unpaired) electrons. The quantitative estimate of drug-likeness (QED) is 0.706. The van der Waals surface area contributed by atoms with Gasteiger partial charge in [0, 0.05) is 6.42 Å². The molecule has 2 fully saturated rings. The van der Waals surface area contributed by atoms with E-state index < -0.39 is 11.1 Å². The van der Waals surface area contributed by atoms with Crippen LogP contribution in [0, 0.1) is 5.41 Å². The molecule has 3 heteroatoms. The zero-order valence-electron chi connectivity index (χ0n) is 16.6. The number of fused-ring (bicyclic) bond motifs is 3. The lowest BCUT2D eigenvalue weighted by Gasteiger charge is -2.37. The maximum atomic E-state index is 14.1. The summed E-state index contributed by atoms with van der Waals surface area (Å²) in [4.78, 5) is 16.1. The smallest absolute Gasteiger partial charge is 0.232 e. The molecule has 0 bridgehead atoms. The van der Waals surface area contributed by atoms with E-state index in [9.17, 15) is 4.79 Å². The number of benzene rings is 2. The van der Waals surface area contributed by atoms with E-state index in [2.05, 4.69) is 60.0 Å². The number of rotatable bonds is 4. The third kappa shape index (κ3) is 2.42. The molecule has 1 heterocycles. The molecule has 2 aromatic carbocycles. The highest BCUT2D eigenvalue weighted by Gasteiger charge is 2.65. The minimum absolute atomic E-state index is 0.0115. The minimum Gasteiger partial charge on any atom is -0.350 e. The lowest BCUT2D eigenvalue weighted by Crippen LogP contribution is -2.48. The van der Waals surface area contributed by atoms with Crippen LogP contribution in [-0.2, 0) is 16.0 Å². The number of nitrogens with zero attached hydrogens (tertiary/aromatic N) is 1. The second-order valence-electron chi connectivity index (χ2n) is 8.94. The number of hydrogen-bond acceptors (Lipinski definition) is 2. The standard InChI is InChI=1S/C25H27NO2/c1-4-14-25(16-20(25)17-10-6-5-7-11-17)23(27)26-22-19-13-9-8-12-18(19)15-21(22)28-24(26,2)3/h4-13,20-22H,1,14-16H2,2-3H3/t20?,21-,22+,25?/m1/s1. The summed E-state index contributed by atoms with van der Waals surface area (Å²) in [5.41, 5.74) is 2.81. The highest BCUT2D eigenvalue weighted by molar-refractivity contribution is 5.89. The molecule has 2 unspecified atom stereocenters. The third-order valence-corrected chi connectivity index (χ3v) is 6.88. The zero-order chi connectivity index (χ0) is 19.5. The summed E-state index contributed by atoms with van der Waals surface area (Å²) in [6.07, 6.45) is 4.42. The topological polar surface area (TPSA) is 29.5 Å². The van der Waals surface area contributed by atoms with E-state index in [1.807, 2.05) is 26.0 Å². The Kier molecular flexibility index (Phi) is 3.82. The van der Waals surface area contributed by atoms with E-state index >= 15 is 0 Å². The van der Waals surface area contributed by atoms with E-state index in [0.29, 0.717) is 6.42 Å². The van der Waals surface area contributed by atoms with Gasteiger partial charge in [-0.2, -0.15) is 0 Å². The fourth-order valence-corrected chi connectivity index (χ4v) is 5.56. The molecule has 5 rings (SSSR count). The van der Waals surface area contributed by atoms with Crippen molar-refractivity contribution in [2.75, 3.05) is 0 Å². The van der Waals surface area contributed by atoms with Crippen LogP contribution in [0.2, 0.25) is 0 Å². The predicted molar refractivity (Wildman–Crippen MR) is 110 cm³/mol. The Morgan fingerprint density at radius 3 is 2.64 bits per heavy atom. The first-order valence-corrected chi connectivity index (χ1v) is 10.2. The Hall–Kier alpha value is -2.39. The van der Waals surface area contributed by atoms with E-state index in [4.69, 9.17) is 4.74 Å². The van der Waals surface area contributed by atoms with E-state index in [0.717, 1.165) is 12.8 Å². The molecule has 0 N–H and O–H groups in total. The van der Waals surface area contributed by atoms with Gasteiger partial charge < -0.3 is 9.64 Å². The molecule has 144 valence electrons. The van der Waals surface area contributed by atoms with Gasteiger partial charge in [-0.1, -0.05) is 60.7 Å². The number of hydrogen-bond donors (Lipinski definition) is 0. The molecule has 3 nitrogen and oxygen atoms in total.